The highest BCUT2D eigenvalue weighted by Crippen LogP contribution is 2.30. The molecule has 1 aromatic carbocycles. The fraction of sp³-hybridized carbons (Fsp3) is 0.294. The maximum absolute atomic E-state index is 12.9. The molecule has 2 aromatic heterocycles. The van der Waals surface area contributed by atoms with Gasteiger partial charge in [-0.2, -0.15) is 0 Å². The van der Waals surface area contributed by atoms with Crippen LogP contribution in [0.2, 0.25) is 0 Å². The van der Waals surface area contributed by atoms with Gasteiger partial charge in [-0.1, -0.05) is 18.2 Å². The number of aromatic nitrogens is 3. The molecule has 1 N–H and O–H groups in total. The van der Waals surface area contributed by atoms with Gasteiger partial charge in [0.2, 0.25) is 0 Å². The molecule has 0 unspecified atom stereocenters. The van der Waals surface area contributed by atoms with Crippen molar-refractivity contribution in [2.45, 2.75) is 25.4 Å². The van der Waals surface area contributed by atoms with Crippen molar-refractivity contribution in [1.82, 2.24) is 19.4 Å². The Bertz CT molecular complexity index is 795. The summed E-state index contributed by atoms with van der Waals surface area (Å²) in [7, 11) is 1.96. The Hall–Kier alpha value is -2.56. The van der Waals surface area contributed by atoms with Crippen LogP contribution in [0, 0.1) is 0 Å². The van der Waals surface area contributed by atoms with Gasteiger partial charge in [-0.15, -0.1) is 0 Å². The normalized spacial score (nSPS) is 14.4. The van der Waals surface area contributed by atoms with Crippen LogP contribution in [-0.2, 0) is 13.6 Å². The highest BCUT2D eigenvalue weighted by Gasteiger charge is 2.34. The summed E-state index contributed by atoms with van der Waals surface area (Å²) >= 11 is 0. The predicted octanol–water partition coefficient (Wildman–Crippen LogP) is 2.71. The van der Waals surface area contributed by atoms with Gasteiger partial charge in [-0.05, 0) is 25.0 Å². The fourth-order valence-electron chi connectivity index (χ4n) is 2.80. The number of imidazole rings is 1. The molecule has 1 fully saturated rings. The summed E-state index contributed by atoms with van der Waals surface area (Å²) in [5.74, 6) is 0.970. The third kappa shape index (κ3) is 2.28. The fourth-order valence-corrected chi connectivity index (χ4v) is 2.80. The molecule has 1 aliphatic carbocycles. The van der Waals surface area contributed by atoms with Gasteiger partial charge < -0.3 is 14.5 Å². The van der Waals surface area contributed by atoms with Crippen molar-refractivity contribution >= 4 is 16.8 Å². The number of carbonyl (C=O) groups excluding carboxylic acids is 1. The summed E-state index contributed by atoms with van der Waals surface area (Å²) in [6.07, 6.45) is 5.84. The number of carbonyl (C=O) groups is 1. The molecular formula is C17H18N4O. The van der Waals surface area contributed by atoms with Gasteiger partial charge in [0.15, 0.2) is 0 Å². The first-order valence-corrected chi connectivity index (χ1v) is 7.57. The van der Waals surface area contributed by atoms with E-state index < -0.39 is 0 Å². The Morgan fingerprint density at radius 3 is 2.91 bits per heavy atom. The van der Waals surface area contributed by atoms with Crippen LogP contribution < -0.4 is 0 Å². The number of nitrogens with one attached hydrogen (secondary N) is 1. The van der Waals surface area contributed by atoms with Crippen molar-refractivity contribution in [1.29, 1.82) is 0 Å². The zero-order chi connectivity index (χ0) is 15.1. The monoisotopic (exact) mass is 294 g/mol. The van der Waals surface area contributed by atoms with Gasteiger partial charge in [0.05, 0.1) is 6.54 Å². The van der Waals surface area contributed by atoms with Crippen LogP contribution in [0.1, 0.15) is 29.2 Å². The third-order valence-corrected chi connectivity index (χ3v) is 4.24. The minimum atomic E-state index is 0.0571. The van der Waals surface area contributed by atoms with Crippen molar-refractivity contribution < 1.29 is 4.79 Å². The summed E-state index contributed by atoms with van der Waals surface area (Å²) in [5.41, 5.74) is 1.65. The second kappa shape index (κ2) is 5.02. The second-order valence-corrected chi connectivity index (χ2v) is 5.89. The second-order valence-electron chi connectivity index (χ2n) is 5.89. The molecule has 0 bridgehead atoms. The molecule has 1 aliphatic rings. The highest BCUT2D eigenvalue weighted by molar-refractivity contribution is 5.98. The van der Waals surface area contributed by atoms with E-state index in [0.717, 1.165) is 29.6 Å². The Balaban J connectivity index is 1.64. The van der Waals surface area contributed by atoms with Gasteiger partial charge in [0.25, 0.3) is 5.91 Å². The highest BCUT2D eigenvalue weighted by atomic mass is 16.2. The van der Waals surface area contributed by atoms with E-state index in [1.807, 2.05) is 53.0 Å². The number of aryl methyl sites for hydroxylation is 1. The number of amides is 1. The Morgan fingerprint density at radius 2 is 2.23 bits per heavy atom. The van der Waals surface area contributed by atoms with Crippen LogP contribution in [0.4, 0.5) is 0 Å². The summed E-state index contributed by atoms with van der Waals surface area (Å²) in [5, 5.41) is 1.07. The van der Waals surface area contributed by atoms with Crippen molar-refractivity contribution in [3.8, 4) is 0 Å². The molecule has 4 rings (SSSR count). The van der Waals surface area contributed by atoms with Gasteiger partial charge >= 0.3 is 0 Å². The first-order chi connectivity index (χ1) is 10.7. The zero-order valence-electron chi connectivity index (χ0n) is 12.5. The lowest BCUT2D eigenvalue weighted by atomic mass is 10.2. The molecule has 0 radical (unpaired) electrons. The maximum Gasteiger partial charge on any atom is 0.270 e. The van der Waals surface area contributed by atoms with Crippen LogP contribution in [0.25, 0.3) is 10.9 Å². The summed E-state index contributed by atoms with van der Waals surface area (Å²) < 4.78 is 1.97. The molecule has 1 saturated carbocycles. The lowest BCUT2D eigenvalue weighted by Crippen LogP contribution is -2.33. The molecular weight excluding hydrogens is 276 g/mol. The average Bonchev–Trinajstić information content (AvgIpc) is 3.14. The number of para-hydroxylation sites is 1. The molecule has 0 spiro atoms. The van der Waals surface area contributed by atoms with E-state index in [1.54, 1.807) is 6.20 Å². The standard InChI is InChI=1S/C17H18N4O/c1-20-9-8-18-16(20)11-21(13-6-7-13)17(22)15-10-12-4-2-3-5-14(12)19-15/h2-5,8-10,13,19H,6-7,11H2,1H3. The van der Waals surface area contributed by atoms with Crippen LogP contribution in [0.5, 0.6) is 0 Å². The van der Waals surface area contributed by atoms with Gasteiger partial charge in [-0.25, -0.2) is 4.98 Å². The predicted molar refractivity (Wildman–Crippen MR) is 84.4 cm³/mol. The van der Waals surface area contributed by atoms with E-state index in [1.165, 1.54) is 0 Å². The van der Waals surface area contributed by atoms with Crippen molar-refractivity contribution in [3.05, 3.63) is 54.2 Å². The number of aromatic amines is 1. The van der Waals surface area contributed by atoms with E-state index in [4.69, 9.17) is 0 Å². The van der Waals surface area contributed by atoms with E-state index >= 15 is 0 Å². The molecule has 0 atom stereocenters. The van der Waals surface area contributed by atoms with Crippen LogP contribution in [0.3, 0.4) is 0 Å². The van der Waals surface area contributed by atoms with Gasteiger partial charge in [0.1, 0.15) is 11.5 Å². The summed E-state index contributed by atoms with van der Waals surface area (Å²) in [6, 6.07) is 10.2. The number of H-pyrrole nitrogens is 1. The van der Waals surface area contributed by atoms with E-state index in [-0.39, 0.29) is 5.91 Å². The largest absolute Gasteiger partial charge is 0.351 e. The number of hydrogen-bond acceptors (Lipinski definition) is 2. The smallest absolute Gasteiger partial charge is 0.270 e. The lowest BCUT2D eigenvalue weighted by Gasteiger charge is -2.21. The van der Waals surface area contributed by atoms with Crippen LogP contribution in [0.15, 0.2) is 42.7 Å². The minimum absolute atomic E-state index is 0.0571. The molecule has 22 heavy (non-hydrogen) atoms. The number of nitrogens with zero attached hydrogens (tertiary/aromatic N) is 3. The van der Waals surface area contributed by atoms with Crippen molar-refractivity contribution in [3.63, 3.8) is 0 Å². The molecule has 112 valence electrons. The Labute approximate surface area is 128 Å². The van der Waals surface area contributed by atoms with E-state index in [9.17, 15) is 4.79 Å². The molecule has 0 aliphatic heterocycles. The average molecular weight is 294 g/mol. The van der Waals surface area contributed by atoms with Gasteiger partial charge in [-0.3, -0.25) is 4.79 Å². The van der Waals surface area contributed by atoms with Crippen LogP contribution >= 0.6 is 0 Å². The number of rotatable bonds is 4. The Morgan fingerprint density at radius 1 is 1.41 bits per heavy atom. The first-order valence-electron chi connectivity index (χ1n) is 7.57. The Kier molecular flexibility index (Phi) is 2.99. The zero-order valence-corrected chi connectivity index (χ0v) is 12.5. The number of benzene rings is 1. The first kappa shape index (κ1) is 13.1. The summed E-state index contributed by atoms with van der Waals surface area (Å²) in [4.78, 5) is 22.4. The van der Waals surface area contributed by atoms with E-state index in [0.29, 0.717) is 18.3 Å². The minimum Gasteiger partial charge on any atom is -0.351 e. The maximum atomic E-state index is 12.9. The molecule has 2 heterocycles. The van der Waals surface area contributed by atoms with E-state index in [2.05, 4.69) is 9.97 Å². The topological polar surface area (TPSA) is 53.9 Å². The lowest BCUT2D eigenvalue weighted by molar-refractivity contribution is 0.0719. The molecule has 0 saturated heterocycles. The number of hydrogen-bond donors (Lipinski definition) is 1. The molecule has 3 aromatic rings. The quantitative estimate of drug-likeness (QED) is 0.804. The molecule has 5 heteroatoms. The van der Waals surface area contributed by atoms with Crippen molar-refractivity contribution in [2.24, 2.45) is 7.05 Å². The van der Waals surface area contributed by atoms with Crippen LogP contribution in [-0.4, -0.2) is 31.4 Å². The number of fused-ring (bicyclic) bond motifs is 1. The molecule has 1 amide bonds. The SMILES string of the molecule is Cn1ccnc1CN(C(=O)c1cc2ccccc2[nH]1)C1CC1. The third-order valence-electron chi connectivity index (χ3n) is 4.24. The van der Waals surface area contributed by atoms with Gasteiger partial charge in [0, 0.05) is 36.4 Å². The van der Waals surface area contributed by atoms with Crippen molar-refractivity contribution in [2.75, 3.05) is 0 Å². The molecule has 5 nitrogen and oxygen atoms in total. The summed E-state index contributed by atoms with van der Waals surface area (Å²) in [6.45, 7) is 0.558.